The third-order valence-corrected chi connectivity index (χ3v) is 3.16. The second-order valence-corrected chi connectivity index (χ2v) is 3.69. The molecule has 0 aromatic rings. The zero-order chi connectivity index (χ0) is 7.68. The van der Waals surface area contributed by atoms with Crippen molar-refractivity contribution in [2.75, 3.05) is 19.6 Å². The maximum absolute atomic E-state index is 3.60. The van der Waals surface area contributed by atoms with E-state index in [0.717, 1.165) is 12.1 Å². The van der Waals surface area contributed by atoms with Gasteiger partial charge in [0.2, 0.25) is 0 Å². The molecule has 2 nitrogen and oxygen atoms in total. The Morgan fingerprint density at radius 3 is 3.18 bits per heavy atom. The first-order chi connectivity index (χ1) is 5.42. The zero-order valence-corrected chi connectivity index (χ0v) is 7.34. The van der Waals surface area contributed by atoms with E-state index < -0.39 is 0 Å². The molecule has 1 heterocycles. The Balaban J connectivity index is 2.00. The van der Waals surface area contributed by atoms with Crippen LogP contribution in [-0.4, -0.2) is 36.6 Å². The van der Waals surface area contributed by atoms with Gasteiger partial charge < -0.3 is 5.32 Å². The van der Waals surface area contributed by atoms with E-state index >= 15 is 0 Å². The van der Waals surface area contributed by atoms with Gasteiger partial charge in [-0.2, -0.15) is 0 Å². The minimum atomic E-state index is 0.823. The van der Waals surface area contributed by atoms with E-state index in [0.29, 0.717) is 0 Å². The van der Waals surface area contributed by atoms with Gasteiger partial charge in [-0.1, -0.05) is 13.3 Å². The normalized spacial score (nSPS) is 39.0. The highest BCUT2D eigenvalue weighted by atomic mass is 15.2. The molecule has 2 aliphatic rings. The summed E-state index contributed by atoms with van der Waals surface area (Å²) in [5, 5.41) is 3.60. The summed E-state index contributed by atoms with van der Waals surface area (Å²) >= 11 is 0. The topological polar surface area (TPSA) is 15.3 Å². The lowest BCUT2D eigenvalue weighted by atomic mass is 10.1. The number of nitrogens with one attached hydrogen (secondary N) is 1. The van der Waals surface area contributed by atoms with Crippen molar-refractivity contribution in [1.82, 2.24) is 10.2 Å². The van der Waals surface area contributed by atoms with Gasteiger partial charge in [0.15, 0.2) is 0 Å². The maximum Gasteiger partial charge on any atom is 0.0249 e. The summed E-state index contributed by atoms with van der Waals surface area (Å²) in [5.74, 6) is 0. The van der Waals surface area contributed by atoms with Gasteiger partial charge in [-0.25, -0.2) is 0 Å². The molecule has 0 amide bonds. The molecule has 1 N–H and O–H groups in total. The van der Waals surface area contributed by atoms with E-state index in [4.69, 9.17) is 0 Å². The summed E-state index contributed by atoms with van der Waals surface area (Å²) in [7, 11) is 0. The zero-order valence-electron chi connectivity index (χ0n) is 7.34. The van der Waals surface area contributed by atoms with Gasteiger partial charge in [0.05, 0.1) is 0 Å². The molecule has 0 aromatic carbocycles. The Morgan fingerprint density at radius 2 is 2.36 bits per heavy atom. The van der Waals surface area contributed by atoms with E-state index in [9.17, 15) is 0 Å². The summed E-state index contributed by atoms with van der Waals surface area (Å²) in [6.45, 7) is 5.98. The Hall–Kier alpha value is -0.0800. The lowest BCUT2D eigenvalue weighted by molar-refractivity contribution is 0.144. The lowest BCUT2D eigenvalue weighted by Crippen LogP contribution is -2.55. The van der Waals surface area contributed by atoms with Crippen molar-refractivity contribution in [2.45, 2.75) is 38.3 Å². The Kier molecular flexibility index (Phi) is 2.14. The van der Waals surface area contributed by atoms with Gasteiger partial charge in [-0.3, -0.25) is 4.90 Å². The molecule has 0 aromatic heterocycles. The molecular weight excluding hydrogens is 136 g/mol. The predicted molar refractivity (Wildman–Crippen MR) is 46.7 cm³/mol. The van der Waals surface area contributed by atoms with Crippen molar-refractivity contribution in [2.24, 2.45) is 0 Å². The molecule has 64 valence electrons. The van der Waals surface area contributed by atoms with Crippen molar-refractivity contribution < 1.29 is 0 Å². The number of piperazine rings is 1. The fraction of sp³-hybridized carbons (Fsp3) is 1.00. The highest BCUT2D eigenvalue weighted by Crippen LogP contribution is 2.25. The fourth-order valence-electron chi connectivity index (χ4n) is 2.57. The Morgan fingerprint density at radius 1 is 1.45 bits per heavy atom. The number of likely N-dealkylation sites (N-methyl/N-ethyl adjacent to an activating group) is 1. The number of nitrogens with zero attached hydrogens (tertiary/aromatic N) is 1. The molecule has 2 heteroatoms. The molecule has 1 aliphatic carbocycles. The highest BCUT2D eigenvalue weighted by molar-refractivity contribution is 4.93. The quantitative estimate of drug-likeness (QED) is 0.602. The van der Waals surface area contributed by atoms with Crippen LogP contribution in [0.2, 0.25) is 0 Å². The number of rotatable bonds is 1. The predicted octanol–water partition coefficient (Wildman–Crippen LogP) is 0.833. The smallest absolute Gasteiger partial charge is 0.0249 e. The van der Waals surface area contributed by atoms with E-state index in [2.05, 4.69) is 17.1 Å². The van der Waals surface area contributed by atoms with Gasteiger partial charge in [-0.05, 0) is 19.4 Å². The fourth-order valence-corrected chi connectivity index (χ4v) is 2.57. The van der Waals surface area contributed by atoms with Crippen molar-refractivity contribution >= 4 is 0 Å². The summed E-state index contributed by atoms with van der Waals surface area (Å²) in [6.07, 6.45) is 4.26. The van der Waals surface area contributed by atoms with Crippen LogP contribution in [0.25, 0.3) is 0 Å². The van der Waals surface area contributed by atoms with Crippen LogP contribution in [0.3, 0.4) is 0 Å². The van der Waals surface area contributed by atoms with Gasteiger partial charge in [-0.15, -0.1) is 0 Å². The minimum absolute atomic E-state index is 0.823. The van der Waals surface area contributed by atoms with Gasteiger partial charge in [0.1, 0.15) is 0 Å². The second kappa shape index (κ2) is 3.11. The molecule has 2 fully saturated rings. The average molecular weight is 154 g/mol. The van der Waals surface area contributed by atoms with Gasteiger partial charge >= 0.3 is 0 Å². The molecule has 0 spiro atoms. The number of hydrogen-bond donors (Lipinski definition) is 1. The highest BCUT2D eigenvalue weighted by Gasteiger charge is 2.33. The van der Waals surface area contributed by atoms with E-state index in [1.165, 1.54) is 38.9 Å². The van der Waals surface area contributed by atoms with E-state index in [-0.39, 0.29) is 0 Å². The molecule has 1 saturated carbocycles. The summed E-state index contributed by atoms with van der Waals surface area (Å²) < 4.78 is 0. The molecule has 0 radical (unpaired) electrons. The molecule has 2 rings (SSSR count). The van der Waals surface area contributed by atoms with Crippen molar-refractivity contribution in [3.8, 4) is 0 Å². The van der Waals surface area contributed by atoms with Crippen molar-refractivity contribution in [3.63, 3.8) is 0 Å². The van der Waals surface area contributed by atoms with Crippen molar-refractivity contribution in [1.29, 1.82) is 0 Å². The molecule has 1 saturated heterocycles. The molecule has 0 bridgehead atoms. The Labute approximate surface area is 69.0 Å². The molecule has 1 aliphatic heterocycles. The van der Waals surface area contributed by atoms with Crippen LogP contribution in [0.4, 0.5) is 0 Å². The third kappa shape index (κ3) is 1.30. The standard InChI is InChI=1S/C9H18N2/c1-2-11-7-6-10-8-4-3-5-9(8)11/h8-10H,2-7H2,1H3/t8-,9-/m0/s1. The molecular formula is C9H18N2. The second-order valence-electron chi connectivity index (χ2n) is 3.69. The van der Waals surface area contributed by atoms with Crippen LogP contribution in [0.5, 0.6) is 0 Å². The first kappa shape index (κ1) is 7.56. The van der Waals surface area contributed by atoms with Crippen molar-refractivity contribution in [3.05, 3.63) is 0 Å². The third-order valence-electron chi connectivity index (χ3n) is 3.16. The van der Waals surface area contributed by atoms with Crippen LogP contribution in [-0.2, 0) is 0 Å². The van der Waals surface area contributed by atoms with Crippen LogP contribution in [0.1, 0.15) is 26.2 Å². The molecule has 0 unspecified atom stereocenters. The van der Waals surface area contributed by atoms with E-state index in [1.54, 1.807) is 0 Å². The summed E-state index contributed by atoms with van der Waals surface area (Å²) in [5.41, 5.74) is 0. The molecule has 2 atom stereocenters. The largest absolute Gasteiger partial charge is 0.311 e. The minimum Gasteiger partial charge on any atom is -0.311 e. The number of fused-ring (bicyclic) bond motifs is 1. The first-order valence-corrected chi connectivity index (χ1v) is 4.89. The van der Waals surface area contributed by atoms with Crippen LogP contribution in [0, 0.1) is 0 Å². The van der Waals surface area contributed by atoms with Crippen LogP contribution in [0.15, 0.2) is 0 Å². The Bertz CT molecular complexity index is 136. The van der Waals surface area contributed by atoms with Crippen LogP contribution >= 0.6 is 0 Å². The summed E-state index contributed by atoms with van der Waals surface area (Å²) in [4.78, 5) is 2.63. The SMILES string of the molecule is CCN1CCN[C@H]2CCC[C@@H]21. The lowest BCUT2D eigenvalue weighted by Gasteiger charge is -2.37. The maximum atomic E-state index is 3.60. The summed E-state index contributed by atoms with van der Waals surface area (Å²) in [6, 6.07) is 1.69. The van der Waals surface area contributed by atoms with Crippen LogP contribution < -0.4 is 5.32 Å². The molecule has 11 heavy (non-hydrogen) atoms. The first-order valence-electron chi connectivity index (χ1n) is 4.89. The monoisotopic (exact) mass is 154 g/mol. The van der Waals surface area contributed by atoms with E-state index in [1.807, 2.05) is 0 Å². The van der Waals surface area contributed by atoms with Gasteiger partial charge in [0, 0.05) is 25.2 Å². The van der Waals surface area contributed by atoms with Gasteiger partial charge in [0.25, 0.3) is 0 Å². The average Bonchev–Trinajstić information content (AvgIpc) is 2.50. The number of hydrogen-bond acceptors (Lipinski definition) is 2.